The number of para-hydroxylation sites is 1. The quantitative estimate of drug-likeness (QED) is 0.324. The van der Waals surface area contributed by atoms with Crippen molar-refractivity contribution in [2.24, 2.45) is 0 Å². The maximum Gasteiger partial charge on any atom is 0.255 e. The van der Waals surface area contributed by atoms with Gasteiger partial charge in [-0.05, 0) is 35.7 Å². The molecule has 6 rings (SSSR count). The summed E-state index contributed by atoms with van der Waals surface area (Å²) in [5.74, 6) is 0.0799. The van der Waals surface area contributed by atoms with E-state index in [4.69, 9.17) is 0 Å². The molecule has 0 fully saturated rings. The summed E-state index contributed by atoms with van der Waals surface area (Å²) in [5, 5.41) is 1.15. The Labute approximate surface area is 193 Å². The first-order chi connectivity index (χ1) is 16.2. The van der Waals surface area contributed by atoms with Crippen LogP contribution in [0.15, 0.2) is 109 Å². The second-order valence-corrected chi connectivity index (χ2v) is 8.61. The van der Waals surface area contributed by atoms with Crippen LogP contribution >= 0.6 is 0 Å². The van der Waals surface area contributed by atoms with E-state index < -0.39 is 0 Å². The zero-order valence-corrected chi connectivity index (χ0v) is 18.4. The molecule has 5 aromatic rings. The number of aromatic nitrogens is 1. The summed E-state index contributed by atoms with van der Waals surface area (Å²) >= 11 is 0. The van der Waals surface area contributed by atoms with Gasteiger partial charge < -0.3 is 9.88 Å². The maximum absolute atomic E-state index is 13.8. The van der Waals surface area contributed by atoms with E-state index in [1.165, 1.54) is 0 Å². The number of carbonyl (C=O) groups is 1. The van der Waals surface area contributed by atoms with E-state index in [1.807, 2.05) is 42.5 Å². The summed E-state index contributed by atoms with van der Waals surface area (Å²) in [6.45, 7) is 2.13. The molecule has 1 aliphatic heterocycles. The Morgan fingerprint density at radius 3 is 2.18 bits per heavy atom. The summed E-state index contributed by atoms with van der Waals surface area (Å²) in [7, 11) is 0. The summed E-state index contributed by atoms with van der Waals surface area (Å²) in [6.07, 6.45) is 0. The average Bonchev–Trinajstić information content (AvgIpc) is 3.40. The van der Waals surface area contributed by atoms with Crippen LogP contribution in [0.5, 0.6) is 0 Å². The number of H-pyrrole nitrogens is 1. The second kappa shape index (κ2) is 7.79. The Hall–Kier alpha value is -4.11. The van der Waals surface area contributed by atoms with Gasteiger partial charge in [0.15, 0.2) is 0 Å². The molecule has 2 heterocycles. The van der Waals surface area contributed by atoms with Gasteiger partial charge in [-0.3, -0.25) is 4.79 Å². The first-order valence-corrected chi connectivity index (χ1v) is 11.4. The van der Waals surface area contributed by atoms with E-state index in [1.54, 1.807) is 0 Å². The first kappa shape index (κ1) is 19.6. The molecule has 1 aromatic heterocycles. The van der Waals surface area contributed by atoms with Gasteiger partial charge in [0.05, 0.1) is 17.8 Å². The minimum absolute atomic E-state index is 0.0756. The number of carbonyl (C=O) groups excluding carboxylic acids is 1. The van der Waals surface area contributed by atoms with Crippen LogP contribution in [0.3, 0.4) is 0 Å². The van der Waals surface area contributed by atoms with Gasteiger partial charge in [-0.1, -0.05) is 97.1 Å². The minimum Gasteiger partial charge on any atom is -0.354 e. The Morgan fingerprint density at radius 2 is 1.39 bits per heavy atom. The van der Waals surface area contributed by atoms with Gasteiger partial charge in [0.1, 0.15) is 0 Å². The highest BCUT2D eigenvalue weighted by Gasteiger charge is 2.42. The lowest BCUT2D eigenvalue weighted by Crippen LogP contribution is -2.31. The van der Waals surface area contributed by atoms with Crippen LogP contribution in [-0.2, 0) is 0 Å². The van der Waals surface area contributed by atoms with Crippen LogP contribution < -0.4 is 0 Å². The lowest BCUT2D eigenvalue weighted by atomic mass is 9.92. The van der Waals surface area contributed by atoms with Crippen LogP contribution in [0.2, 0.25) is 0 Å². The number of benzene rings is 4. The zero-order valence-electron chi connectivity index (χ0n) is 18.4. The number of fused-ring (bicyclic) bond motifs is 2. The second-order valence-electron chi connectivity index (χ2n) is 8.61. The molecule has 160 valence electrons. The Bertz CT molecular complexity index is 1450. The molecule has 0 spiro atoms. The Kier molecular flexibility index (Phi) is 4.62. The maximum atomic E-state index is 13.8. The summed E-state index contributed by atoms with van der Waals surface area (Å²) in [4.78, 5) is 19.5. The average molecular weight is 429 g/mol. The Balaban J connectivity index is 1.63. The summed E-state index contributed by atoms with van der Waals surface area (Å²) in [5.41, 5.74) is 7.39. The van der Waals surface area contributed by atoms with Crippen LogP contribution in [-0.4, -0.2) is 15.8 Å². The highest BCUT2D eigenvalue weighted by molar-refractivity contribution is 6.02. The number of nitrogens with zero attached hydrogens (tertiary/aromatic N) is 1. The number of nitrogens with one attached hydrogen (secondary N) is 1. The van der Waals surface area contributed by atoms with Crippen LogP contribution in [0.25, 0.3) is 22.2 Å². The van der Waals surface area contributed by atoms with E-state index in [9.17, 15) is 4.79 Å². The third kappa shape index (κ3) is 3.08. The number of amides is 1. The zero-order chi connectivity index (χ0) is 22.4. The van der Waals surface area contributed by atoms with Gasteiger partial charge in [-0.25, -0.2) is 0 Å². The van der Waals surface area contributed by atoms with Gasteiger partial charge in [-0.2, -0.15) is 0 Å². The van der Waals surface area contributed by atoms with Crippen molar-refractivity contribution in [3.63, 3.8) is 0 Å². The van der Waals surface area contributed by atoms with Crippen molar-refractivity contribution in [2.75, 3.05) is 0 Å². The van der Waals surface area contributed by atoms with Gasteiger partial charge in [-0.15, -0.1) is 0 Å². The lowest BCUT2D eigenvalue weighted by molar-refractivity contribution is 0.0678. The molecule has 1 N–H and O–H groups in total. The minimum atomic E-state index is -0.185. The normalized spacial score (nSPS) is 16.2. The van der Waals surface area contributed by atoms with Crippen LogP contribution in [0.4, 0.5) is 0 Å². The molecule has 0 saturated carbocycles. The van der Waals surface area contributed by atoms with Crippen molar-refractivity contribution in [1.29, 1.82) is 0 Å². The monoisotopic (exact) mass is 428 g/mol. The van der Waals surface area contributed by atoms with Gasteiger partial charge >= 0.3 is 0 Å². The molecule has 0 bridgehead atoms. The molecular formula is C30H24N2O. The molecule has 0 saturated heterocycles. The number of hydrogen-bond donors (Lipinski definition) is 1. The molecular weight excluding hydrogens is 404 g/mol. The van der Waals surface area contributed by atoms with Gasteiger partial charge in [0.2, 0.25) is 0 Å². The Morgan fingerprint density at radius 1 is 0.758 bits per heavy atom. The topological polar surface area (TPSA) is 36.1 Å². The van der Waals surface area contributed by atoms with E-state index in [2.05, 4.69) is 83.5 Å². The van der Waals surface area contributed by atoms with Crippen molar-refractivity contribution < 1.29 is 4.79 Å². The number of hydrogen-bond acceptors (Lipinski definition) is 1. The van der Waals surface area contributed by atoms with E-state index in [0.29, 0.717) is 0 Å². The molecule has 4 aromatic carbocycles. The standard InChI is InChI=1S/C30H24N2O/c1-20(21-12-4-2-5-13-21)32-29(23-16-8-9-17-24(23)30(32)33)27-25-18-10-11-19-26(25)31-28(27)22-14-6-3-7-15-22/h2-20,29,31H,1H3/t20-,29+/m0/s1. The molecule has 1 aliphatic rings. The van der Waals surface area contributed by atoms with Crippen molar-refractivity contribution in [3.8, 4) is 11.3 Å². The third-order valence-corrected chi connectivity index (χ3v) is 6.78. The summed E-state index contributed by atoms with van der Waals surface area (Å²) < 4.78 is 0. The van der Waals surface area contributed by atoms with Crippen molar-refractivity contribution in [2.45, 2.75) is 19.0 Å². The molecule has 3 nitrogen and oxygen atoms in total. The molecule has 2 atom stereocenters. The van der Waals surface area contributed by atoms with E-state index >= 15 is 0 Å². The smallest absolute Gasteiger partial charge is 0.255 e. The van der Waals surface area contributed by atoms with Crippen molar-refractivity contribution in [3.05, 3.63) is 131 Å². The molecule has 0 radical (unpaired) electrons. The summed E-state index contributed by atoms with van der Waals surface area (Å²) in [6, 6.07) is 36.9. The van der Waals surface area contributed by atoms with Crippen LogP contribution in [0.1, 0.15) is 46.1 Å². The van der Waals surface area contributed by atoms with Crippen molar-refractivity contribution in [1.82, 2.24) is 9.88 Å². The van der Waals surface area contributed by atoms with Gasteiger partial charge in [0.25, 0.3) is 5.91 Å². The molecule has 1 amide bonds. The molecule has 0 aliphatic carbocycles. The van der Waals surface area contributed by atoms with Gasteiger partial charge in [0, 0.05) is 22.0 Å². The van der Waals surface area contributed by atoms with Crippen LogP contribution in [0, 0.1) is 0 Å². The fraction of sp³-hybridized carbons (Fsp3) is 0.100. The first-order valence-electron chi connectivity index (χ1n) is 11.4. The highest BCUT2D eigenvalue weighted by atomic mass is 16.2. The number of aromatic amines is 1. The SMILES string of the molecule is C[C@@H](c1ccccc1)N1C(=O)c2ccccc2[C@@H]1c1c(-c2ccccc2)[nH]c2ccccc12. The highest BCUT2D eigenvalue weighted by Crippen LogP contribution is 2.48. The van der Waals surface area contributed by atoms with E-state index in [-0.39, 0.29) is 18.0 Å². The molecule has 33 heavy (non-hydrogen) atoms. The lowest BCUT2D eigenvalue weighted by Gasteiger charge is -2.32. The predicted molar refractivity (Wildman–Crippen MR) is 133 cm³/mol. The van der Waals surface area contributed by atoms with Crippen molar-refractivity contribution >= 4 is 16.8 Å². The molecule has 3 heteroatoms. The molecule has 0 unspecified atom stereocenters. The third-order valence-electron chi connectivity index (χ3n) is 6.78. The number of rotatable bonds is 4. The fourth-order valence-corrected chi connectivity index (χ4v) is 5.20. The largest absolute Gasteiger partial charge is 0.354 e. The fourth-order valence-electron chi connectivity index (χ4n) is 5.20. The van der Waals surface area contributed by atoms with E-state index in [0.717, 1.165) is 44.4 Å². The predicted octanol–water partition coefficient (Wildman–Crippen LogP) is 7.14.